The zero-order chi connectivity index (χ0) is 11.5. The molecule has 6 heteroatoms. The predicted octanol–water partition coefficient (Wildman–Crippen LogP) is -0.963. The van der Waals surface area contributed by atoms with Gasteiger partial charge in [0.2, 0.25) is 5.91 Å². The van der Waals surface area contributed by atoms with Crippen molar-refractivity contribution in [3.63, 3.8) is 0 Å². The molecular formula is C9H17N3O3. The van der Waals surface area contributed by atoms with Crippen molar-refractivity contribution in [2.45, 2.75) is 32.2 Å². The van der Waals surface area contributed by atoms with E-state index in [0.717, 1.165) is 19.3 Å². The number of hydrogen-bond donors (Lipinski definition) is 3. The third-order valence-corrected chi connectivity index (χ3v) is 2.93. The number of amides is 2. The summed E-state index contributed by atoms with van der Waals surface area (Å²) in [6.07, 6.45) is 2.50. The van der Waals surface area contributed by atoms with Crippen LogP contribution in [0.1, 0.15) is 26.2 Å². The average molecular weight is 215 g/mol. The molecule has 1 aliphatic carbocycles. The molecule has 1 fully saturated rings. The summed E-state index contributed by atoms with van der Waals surface area (Å²) in [5.74, 6) is -0.912. The quantitative estimate of drug-likeness (QED) is 0.525. The van der Waals surface area contributed by atoms with Crippen molar-refractivity contribution in [2.24, 2.45) is 16.9 Å². The van der Waals surface area contributed by atoms with Gasteiger partial charge in [-0.1, -0.05) is 6.42 Å². The largest absolute Gasteiger partial charge is 0.368 e. The van der Waals surface area contributed by atoms with Crippen LogP contribution in [0, 0.1) is 5.41 Å². The Morgan fingerprint density at radius 1 is 1.60 bits per heavy atom. The van der Waals surface area contributed by atoms with Crippen LogP contribution in [0.25, 0.3) is 0 Å². The topological polar surface area (TPSA) is 107 Å². The van der Waals surface area contributed by atoms with Gasteiger partial charge in [-0.3, -0.25) is 14.4 Å². The molecule has 0 spiro atoms. The van der Waals surface area contributed by atoms with E-state index in [4.69, 9.17) is 11.5 Å². The summed E-state index contributed by atoms with van der Waals surface area (Å²) in [5.41, 5.74) is 12.3. The first-order chi connectivity index (χ1) is 6.97. The van der Waals surface area contributed by atoms with Gasteiger partial charge in [0.15, 0.2) is 6.61 Å². The molecule has 15 heavy (non-hydrogen) atoms. The van der Waals surface area contributed by atoms with Gasteiger partial charge in [-0.25, -0.2) is 5.48 Å². The molecule has 0 saturated heterocycles. The van der Waals surface area contributed by atoms with Gasteiger partial charge >= 0.3 is 0 Å². The third kappa shape index (κ3) is 2.66. The lowest BCUT2D eigenvalue weighted by Crippen LogP contribution is -2.47. The Hall–Kier alpha value is -1.14. The SMILES string of the molecule is CC1(C(=O)NOCC(N)=O)CCCC1N. The van der Waals surface area contributed by atoms with Gasteiger partial charge in [0, 0.05) is 6.04 Å². The first-order valence-electron chi connectivity index (χ1n) is 4.93. The van der Waals surface area contributed by atoms with Crippen LogP contribution in [0.3, 0.4) is 0 Å². The predicted molar refractivity (Wildman–Crippen MR) is 53.2 cm³/mol. The lowest BCUT2D eigenvalue weighted by atomic mass is 9.84. The maximum atomic E-state index is 11.7. The van der Waals surface area contributed by atoms with Crippen molar-refractivity contribution in [3.05, 3.63) is 0 Å². The second-order valence-electron chi connectivity index (χ2n) is 4.10. The smallest absolute Gasteiger partial charge is 0.251 e. The highest BCUT2D eigenvalue weighted by atomic mass is 16.7. The summed E-state index contributed by atoms with van der Waals surface area (Å²) in [6.45, 7) is 1.48. The molecule has 2 amide bonds. The molecule has 86 valence electrons. The fourth-order valence-corrected chi connectivity index (χ4v) is 1.76. The first kappa shape index (κ1) is 11.9. The minimum atomic E-state index is -0.629. The van der Waals surface area contributed by atoms with E-state index < -0.39 is 11.3 Å². The second kappa shape index (κ2) is 4.59. The molecule has 0 heterocycles. The Balaban J connectivity index is 2.42. The highest BCUT2D eigenvalue weighted by Gasteiger charge is 2.43. The molecule has 0 bridgehead atoms. The summed E-state index contributed by atoms with van der Waals surface area (Å²) in [7, 11) is 0. The van der Waals surface area contributed by atoms with Crippen LogP contribution in [0.15, 0.2) is 0 Å². The van der Waals surface area contributed by atoms with Gasteiger partial charge in [0.1, 0.15) is 0 Å². The zero-order valence-electron chi connectivity index (χ0n) is 8.79. The number of rotatable bonds is 4. The number of nitrogens with two attached hydrogens (primary N) is 2. The van der Waals surface area contributed by atoms with Gasteiger partial charge in [-0.2, -0.15) is 0 Å². The van der Waals surface area contributed by atoms with E-state index in [-0.39, 0.29) is 18.6 Å². The number of hydrogen-bond acceptors (Lipinski definition) is 4. The minimum Gasteiger partial charge on any atom is -0.368 e. The molecule has 1 rings (SSSR count). The van der Waals surface area contributed by atoms with Gasteiger partial charge < -0.3 is 11.5 Å². The molecule has 2 atom stereocenters. The Bertz CT molecular complexity index is 269. The maximum absolute atomic E-state index is 11.7. The van der Waals surface area contributed by atoms with Crippen LogP contribution in [-0.4, -0.2) is 24.5 Å². The Kier molecular flexibility index (Phi) is 3.65. The van der Waals surface area contributed by atoms with E-state index in [9.17, 15) is 9.59 Å². The molecule has 0 aliphatic heterocycles. The molecular weight excluding hydrogens is 198 g/mol. The number of primary amides is 1. The van der Waals surface area contributed by atoms with E-state index in [1.807, 2.05) is 0 Å². The van der Waals surface area contributed by atoms with Gasteiger partial charge in [-0.15, -0.1) is 0 Å². The fraction of sp³-hybridized carbons (Fsp3) is 0.778. The monoisotopic (exact) mass is 215 g/mol. The van der Waals surface area contributed by atoms with Crippen LogP contribution in [-0.2, 0) is 14.4 Å². The van der Waals surface area contributed by atoms with Crippen molar-refractivity contribution in [3.8, 4) is 0 Å². The van der Waals surface area contributed by atoms with E-state index in [1.165, 1.54) is 0 Å². The molecule has 1 saturated carbocycles. The third-order valence-electron chi connectivity index (χ3n) is 2.93. The van der Waals surface area contributed by atoms with Crippen molar-refractivity contribution in [2.75, 3.05) is 6.61 Å². The summed E-state index contributed by atoms with van der Waals surface area (Å²) >= 11 is 0. The van der Waals surface area contributed by atoms with Crippen LogP contribution >= 0.6 is 0 Å². The van der Waals surface area contributed by atoms with Crippen molar-refractivity contribution in [1.29, 1.82) is 0 Å². The maximum Gasteiger partial charge on any atom is 0.251 e. The zero-order valence-corrected chi connectivity index (χ0v) is 8.79. The summed E-state index contributed by atoms with van der Waals surface area (Å²) < 4.78 is 0. The number of carbonyl (C=O) groups is 2. The van der Waals surface area contributed by atoms with Crippen LogP contribution < -0.4 is 16.9 Å². The molecule has 6 nitrogen and oxygen atoms in total. The molecule has 0 aromatic carbocycles. The van der Waals surface area contributed by atoms with Gasteiger partial charge in [0.25, 0.3) is 5.91 Å². The summed E-state index contributed by atoms with van der Waals surface area (Å²) in [6, 6.07) is -0.158. The number of carbonyl (C=O) groups excluding carboxylic acids is 2. The van der Waals surface area contributed by atoms with Crippen molar-refractivity contribution >= 4 is 11.8 Å². The van der Waals surface area contributed by atoms with Gasteiger partial charge in [0.05, 0.1) is 5.41 Å². The molecule has 1 aliphatic rings. The number of nitrogens with one attached hydrogen (secondary N) is 1. The lowest BCUT2D eigenvalue weighted by Gasteiger charge is -2.26. The normalized spacial score (nSPS) is 30.1. The van der Waals surface area contributed by atoms with Crippen molar-refractivity contribution < 1.29 is 14.4 Å². The van der Waals surface area contributed by atoms with Crippen LogP contribution in [0.5, 0.6) is 0 Å². The van der Waals surface area contributed by atoms with Crippen molar-refractivity contribution in [1.82, 2.24) is 5.48 Å². The Morgan fingerprint density at radius 2 is 2.27 bits per heavy atom. The molecule has 5 N–H and O–H groups in total. The second-order valence-corrected chi connectivity index (χ2v) is 4.10. The highest BCUT2D eigenvalue weighted by molar-refractivity contribution is 5.82. The van der Waals surface area contributed by atoms with Crippen LogP contribution in [0.2, 0.25) is 0 Å². The molecule has 2 unspecified atom stereocenters. The molecule has 0 aromatic heterocycles. The van der Waals surface area contributed by atoms with E-state index >= 15 is 0 Å². The molecule has 0 aromatic rings. The number of hydroxylamine groups is 1. The lowest BCUT2D eigenvalue weighted by molar-refractivity contribution is -0.146. The highest BCUT2D eigenvalue weighted by Crippen LogP contribution is 2.36. The van der Waals surface area contributed by atoms with Gasteiger partial charge in [-0.05, 0) is 19.8 Å². The van der Waals surface area contributed by atoms with Crippen LogP contribution in [0.4, 0.5) is 0 Å². The average Bonchev–Trinajstić information content (AvgIpc) is 2.47. The Morgan fingerprint density at radius 3 is 2.73 bits per heavy atom. The Labute approximate surface area is 88.3 Å². The standard InChI is InChI=1S/C9H17N3O3/c1-9(4-2-3-6(9)10)8(14)12-15-5-7(11)13/h6H,2-5,10H2,1H3,(H2,11,13)(H,12,14). The van der Waals surface area contributed by atoms with E-state index in [1.54, 1.807) is 6.92 Å². The first-order valence-corrected chi connectivity index (χ1v) is 4.93. The molecule has 0 radical (unpaired) electrons. The van der Waals surface area contributed by atoms with E-state index in [0.29, 0.717) is 0 Å². The minimum absolute atomic E-state index is 0.158. The summed E-state index contributed by atoms with van der Waals surface area (Å²) in [5, 5.41) is 0. The summed E-state index contributed by atoms with van der Waals surface area (Å²) in [4.78, 5) is 26.7. The van der Waals surface area contributed by atoms with E-state index in [2.05, 4.69) is 10.3 Å². The fourth-order valence-electron chi connectivity index (χ4n) is 1.76.